The molecule has 0 radical (unpaired) electrons. The van der Waals surface area contributed by atoms with E-state index >= 15 is 0 Å². The molecule has 0 amide bonds. The third-order valence-electron chi connectivity index (χ3n) is 4.05. The number of nitrogens with one attached hydrogen (secondary N) is 1. The first-order valence-electron chi connectivity index (χ1n) is 6.69. The number of benzene rings is 1. The van der Waals surface area contributed by atoms with Gasteiger partial charge in [-0.25, -0.2) is 4.98 Å². The largest absolute Gasteiger partial charge is 0.317 e. The first-order chi connectivity index (χ1) is 9.19. The summed E-state index contributed by atoms with van der Waals surface area (Å²) >= 11 is 3.54. The molecule has 1 saturated heterocycles. The number of piperidine rings is 1. The highest BCUT2D eigenvalue weighted by Crippen LogP contribution is 2.34. The molecule has 3 nitrogen and oxygen atoms in total. The fraction of sp³-hybridized carbons (Fsp3) is 0.400. The van der Waals surface area contributed by atoms with Crippen LogP contribution in [0.4, 0.5) is 0 Å². The number of hydrogen-bond donors (Lipinski definition) is 1. The highest BCUT2D eigenvalue weighted by molar-refractivity contribution is 9.10. The Bertz CT molecular complexity index is 570. The second kappa shape index (κ2) is 5.10. The maximum absolute atomic E-state index is 4.38. The predicted octanol–water partition coefficient (Wildman–Crippen LogP) is 3.28. The third-order valence-corrected chi connectivity index (χ3v) is 4.54. The number of hydrogen-bond acceptors (Lipinski definition) is 2. The van der Waals surface area contributed by atoms with Crippen LogP contribution in [0.15, 0.2) is 41.3 Å². The van der Waals surface area contributed by atoms with Crippen LogP contribution in [0.3, 0.4) is 0 Å². The zero-order valence-electron chi connectivity index (χ0n) is 11.1. The molecule has 0 bridgehead atoms. The third kappa shape index (κ3) is 2.47. The van der Waals surface area contributed by atoms with Gasteiger partial charge in [0.1, 0.15) is 0 Å². The minimum atomic E-state index is 0.212. The zero-order chi connectivity index (χ0) is 13.3. The van der Waals surface area contributed by atoms with E-state index in [2.05, 4.69) is 55.9 Å². The molecule has 1 fully saturated rings. The molecule has 19 heavy (non-hydrogen) atoms. The molecule has 0 aliphatic carbocycles. The molecule has 1 aromatic heterocycles. The van der Waals surface area contributed by atoms with Crippen LogP contribution in [0.2, 0.25) is 0 Å². The van der Waals surface area contributed by atoms with Gasteiger partial charge in [0.15, 0.2) is 0 Å². The number of imidazole rings is 1. The van der Waals surface area contributed by atoms with Crippen molar-refractivity contribution in [1.29, 1.82) is 0 Å². The maximum atomic E-state index is 4.38. The molecule has 3 rings (SSSR count). The van der Waals surface area contributed by atoms with Crippen LogP contribution in [-0.4, -0.2) is 22.6 Å². The van der Waals surface area contributed by atoms with Gasteiger partial charge in [-0.05, 0) is 44.1 Å². The molecule has 1 aliphatic heterocycles. The second-order valence-electron chi connectivity index (χ2n) is 5.44. The Labute approximate surface area is 122 Å². The van der Waals surface area contributed by atoms with Gasteiger partial charge in [0, 0.05) is 27.5 Å². The van der Waals surface area contributed by atoms with Gasteiger partial charge >= 0.3 is 0 Å². The van der Waals surface area contributed by atoms with Gasteiger partial charge in [0.2, 0.25) is 0 Å². The van der Waals surface area contributed by atoms with E-state index in [0.717, 1.165) is 30.4 Å². The van der Waals surface area contributed by atoms with Crippen molar-refractivity contribution in [3.05, 3.63) is 47.0 Å². The van der Waals surface area contributed by atoms with Crippen molar-refractivity contribution in [3.63, 3.8) is 0 Å². The van der Waals surface area contributed by atoms with Crippen molar-refractivity contribution in [2.45, 2.75) is 25.2 Å². The lowest BCUT2D eigenvalue weighted by Gasteiger charge is -2.34. The van der Waals surface area contributed by atoms with Gasteiger partial charge in [-0.2, -0.15) is 0 Å². The van der Waals surface area contributed by atoms with Crippen molar-refractivity contribution < 1.29 is 0 Å². The average molecular weight is 320 g/mol. The van der Waals surface area contributed by atoms with E-state index in [1.54, 1.807) is 0 Å². The van der Waals surface area contributed by atoms with E-state index in [1.807, 2.05) is 18.6 Å². The van der Waals surface area contributed by atoms with Crippen LogP contribution in [0.1, 0.15) is 25.5 Å². The van der Waals surface area contributed by atoms with Crippen molar-refractivity contribution in [2.75, 3.05) is 13.1 Å². The lowest BCUT2D eigenvalue weighted by atomic mass is 9.78. The monoisotopic (exact) mass is 319 g/mol. The van der Waals surface area contributed by atoms with Crippen LogP contribution in [-0.2, 0) is 5.41 Å². The average Bonchev–Trinajstić information content (AvgIpc) is 2.89. The van der Waals surface area contributed by atoms with E-state index in [4.69, 9.17) is 0 Å². The van der Waals surface area contributed by atoms with E-state index < -0.39 is 0 Å². The Morgan fingerprint density at radius 3 is 2.84 bits per heavy atom. The topological polar surface area (TPSA) is 29.9 Å². The Morgan fingerprint density at radius 2 is 2.11 bits per heavy atom. The van der Waals surface area contributed by atoms with Crippen molar-refractivity contribution in [1.82, 2.24) is 14.9 Å². The van der Waals surface area contributed by atoms with Gasteiger partial charge in [0.25, 0.3) is 0 Å². The highest BCUT2D eigenvalue weighted by atomic mass is 79.9. The first kappa shape index (κ1) is 12.9. The lowest BCUT2D eigenvalue weighted by Crippen LogP contribution is -2.38. The standard InChI is InChI=1S/C15H18BrN3/c1-15(5-7-17-8-6-15)14-10-18-11-19(14)13-4-2-3-12(16)9-13/h2-4,9-11,17H,5-8H2,1H3. The highest BCUT2D eigenvalue weighted by Gasteiger charge is 2.31. The number of halogens is 1. The van der Waals surface area contributed by atoms with Gasteiger partial charge in [0.05, 0.1) is 6.33 Å². The molecule has 1 aromatic carbocycles. The van der Waals surface area contributed by atoms with Crippen molar-refractivity contribution in [2.24, 2.45) is 0 Å². The second-order valence-corrected chi connectivity index (χ2v) is 6.36. The molecular weight excluding hydrogens is 302 g/mol. The van der Waals surface area contributed by atoms with Crippen molar-refractivity contribution in [3.8, 4) is 5.69 Å². The minimum absolute atomic E-state index is 0.212. The molecule has 1 aliphatic rings. The zero-order valence-corrected chi connectivity index (χ0v) is 12.7. The summed E-state index contributed by atoms with van der Waals surface area (Å²) in [6.07, 6.45) is 6.26. The molecule has 0 unspecified atom stereocenters. The summed E-state index contributed by atoms with van der Waals surface area (Å²) in [7, 11) is 0. The fourth-order valence-electron chi connectivity index (χ4n) is 2.81. The summed E-state index contributed by atoms with van der Waals surface area (Å²) < 4.78 is 3.32. The molecule has 100 valence electrons. The van der Waals surface area contributed by atoms with Crippen LogP contribution in [0.25, 0.3) is 5.69 Å². The first-order valence-corrected chi connectivity index (χ1v) is 7.48. The van der Waals surface area contributed by atoms with Crippen LogP contribution >= 0.6 is 15.9 Å². The smallest absolute Gasteiger partial charge is 0.0994 e. The fourth-order valence-corrected chi connectivity index (χ4v) is 3.20. The van der Waals surface area contributed by atoms with E-state index in [1.165, 1.54) is 11.4 Å². The summed E-state index contributed by atoms with van der Waals surface area (Å²) in [5.74, 6) is 0. The molecule has 0 atom stereocenters. The Morgan fingerprint density at radius 1 is 1.32 bits per heavy atom. The van der Waals surface area contributed by atoms with Crippen LogP contribution in [0.5, 0.6) is 0 Å². The molecule has 4 heteroatoms. The van der Waals surface area contributed by atoms with Gasteiger partial charge in [-0.3, -0.25) is 0 Å². The summed E-state index contributed by atoms with van der Waals surface area (Å²) in [6, 6.07) is 8.37. The van der Waals surface area contributed by atoms with Gasteiger partial charge in [-0.1, -0.05) is 28.9 Å². The predicted molar refractivity (Wildman–Crippen MR) is 80.7 cm³/mol. The van der Waals surface area contributed by atoms with Gasteiger partial charge in [-0.15, -0.1) is 0 Å². The van der Waals surface area contributed by atoms with E-state index in [-0.39, 0.29) is 5.41 Å². The number of nitrogens with zero attached hydrogens (tertiary/aromatic N) is 2. The number of rotatable bonds is 2. The normalized spacial score (nSPS) is 18.4. The molecule has 0 spiro atoms. The van der Waals surface area contributed by atoms with Crippen LogP contribution in [0, 0.1) is 0 Å². The Balaban J connectivity index is 2.03. The van der Waals surface area contributed by atoms with E-state index in [0.29, 0.717) is 0 Å². The summed E-state index contributed by atoms with van der Waals surface area (Å²) in [5.41, 5.74) is 2.69. The quantitative estimate of drug-likeness (QED) is 0.920. The lowest BCUT2D eigenvalue weighted by molar-refractivity contribution is 0.324. The van der Waals surface area contributed by atoms with Crippen LogP contribution < -0.4 is 5.32 Å². The molecule has 1 N–H and O–H groups in total. The maximum Gasteiger partial charge on any atom is 0.0994 e. The summed E-state index contributed by atoms with van der Waals surface area (Å²) in [6.45, 7) is 4.51. The van der Waals surface area contributed by atoms with Gasteiger partial charge < -0.3 is 9.88 Å². The molecule has 2 heterocycles. The van der Waals surface area contributed by atoms with E-state index in [9.17, 15) is 0 Å². The Kier molecular flexibility index (Phi) is 3.46. The summed E-state index contributed by atoms with van der Waals surface area (Å²) in [4.78, 5) is 4.38. The minimum Gasteiger partial charge on any atom is -0.317 e. The Hall–Kier alpha value is -1.13. The SMILES string of the molecule is CC1(c2cncn2-c2cccc(Br)c2)CCNCC1. The molecule has 0 saturated carbocycles. The van der Waals surface area contributed by atoms with Crippen molar-refractivity contribution >= 4 is 15.9 Å². The summed E-state index contributed by atoms with van der Waals surface area (Å²) in [5, 5.41) is 3.43. The molecular formula is C15H18BrN3. The number of aromatic nitrogens is 2. The molecule has 2 aromatic rings.